The van der Waals surface area contributed by atoms with Gasteiger partial charge >= 0.3 is 0 Å². The van der Waals surface area contributed by atoms with E-state index in [0.29, 0.717) is 13.1 Å². The van der Waals surface area contributed by atoms with Gasteiger partial charge in [0.1, 0.15) is 0 Å². The molecule has 1 aromatic rings. The molecule has 0 spiro atoms. The number of hydrogen-bond donors (Lipinski definition) is 3. The van der Waals surface area contributed by atoms with E-state index < -0.39 is 11.8 Å². The van der Waals surface area contributed by atoms with Crippen molar-refractivity contribution in [2.45, 2.75) is 5.91 Å². The third kappa shape index (κ3) is 2.67. The Kier molecular flexibility index (Phi) is 3.91. The number of amides is 1. The number of thioether (sulfide) groups is 1. The van der Waals surface area contributed by atoms with Gasteiger partial charge in [0.05, 0.1) is 0 Å². The van der Waals surface area contributed by atoms with Crippen LogP contribution in [0.3, 0.4) is 0 Å². The van der Waals surface area contributed by atoms with Crippen LogP contribution in [-0.4, -0.2) is 45.6 Å². The molecule has 1 saturated heterocycles. The Bertz CT molecular complexity index is 445. The van der Waals surface area contributed by atoms with Gasteiger partial charge in [0.15, 0.2) is 0 Å². The molecule has 1 aromatic carbocycles. The number of benzene rings is 1. The molecule has 0 aromatic heterocycles. The number of carbonyl (C=O) groups is 1. The molecule has 1 aliphatic rings. The minimum atomic E-state index is -2.05. The highest BCUT2D eigenvalue weighted by atomic mass is 32.2. The molecular formula is C12H16N2O3S. The molecule has 5 nitrogen and oxygen atoms in total. The highest BCUT2D eigenvalue weighted by molar-refractivity contribution is 7.99. The van der Waals surface area contributed by atoms with Gasteiger partial charge in [-0.3, -0.25) is 4.79 Å². The molecule has 0 saturated carbocycles. The van der Waals surface area contributed by atoms with Crippen molar-refractivity contribution in [1.82, 2.24) is 4.90 Å². The first-order valence-electron chi connectivity index (χ1n) is 5.69. The van der Waals surface area contributed by atoms with Gasteiger partial charge in [0.25, 0.3) is 5.91 Å². The molecule has 0 unspecified atom stereocenters. The molecule has 6 heteroatoms. The zero-order valence-corrected chi connectivity index (χ0v) is 10.7. The maximum absolute atomic E-state index is 11.1. The first-order valence-corrected chi connectivity index (χ1v) is 6.85. The average Bonchev–Trinajstić information content (AvgIpc) is 2.40. The zero-order valence-electron chi connectivity index (χ0n) is 9.87. The third-order valence-corrected chi connectivity index (χ3v) is 3.93. The van der Waals surface area contributed by atoms with Crippen LogP contribution < -0.4 is 5.73 Å². The molecule has 1 amide bonds. The molecule has 4 N–H and O–H groups in total. The maximum atomic E-state index is 11.1. The van der Waals surface area contributed by atoms with Crippen LogP contribution in [0.25, 0.3) is 0 Å². The lowest BCUT2D eigenvalue weighted by molar-refractivity contribution is -0.273. The van der Waals surface area contributed by atoms with Crippen molar-refractivity contribution in [3.63, 3.8) is 0 Å². The summed E-state index contributed by atoms with van der Waals surface area (Å²) in [6, 6.07) is 6.14. The minimum Gasteiger partial charge on any atom is -0.366 e. The van der Waals surface area contributed by atoms with Crippen LogP contribution in [-0.2, 0) is 5.91 Å². The Balaban J connectivity index is 2.27. The summed E-state index contributed by atoms with van der Waals surface area (Å²) in [5, 5.41) is 20.5. The standard InChI is InChI=1S/C12H16N2O3S/c13-11(15)9-2-1-3-10(8-9)12(16,17)14-4-6-18-7-5-14/h1-3,8,16-17H,4-7H2,(H2,13,15). The quantitative estimate of drug-likeness (QED) is 0.668. The maximum Gasteiger partial charge on any atom is 0.253 e. The fourth-order valence-corrected chi connectivity index (χ4v) is 2.84. The van der Waals surface area contributed by atoms with Gasteiger partial charge in [-0.05, 0) is 12.1 Å². The summed E-state index contributed by atoms with van der Waals surface area (Å²) in [5.41, 5.74) is 5.72. The zero-order chi connectivity index (χ0) is 13.2. The Hall–Kier alpha value is -1.08. The first kappa shape index (κ1) is 13.4. The number of nitrogens with zero attached hydrogens (tertiary/aromatic N) is 1. The predicted octanol–water partition coefficient (Wildman–Crippen LogP) is -0.0708. The topological polar surface area (TPSA) is 86.8 Å². The van der Waals surface area contributed by atoms with Crippen LogP contribution >= 0.6 is 11.8 Å². The van der Waals surface area contributed by atoms with Gasteiger partial charge in [-0.1, -0.05) is 12.1 Å². The number of rotatable bonds is 3. The number of primary amides is 1. The van der Waals surface area contributed by atoms with Gasteiger partial charge in [0.2, 0.25) is 5.91 Å². The van der Waals surface area contributed by atoms with Crippen molar-refractivity contribution in [3.8, 4) is 0 Å². The molecule has 0 bridgehead atoms. The highest BCUT2D eigenvalue weighted by Crippen LogP contribution is 2.26. The van der Waals surface area contributed by atoms with Gasteiger partial charge in [-0.15, -0.1) is 0 Å². The lowest BCUT2D eigenvalue weighted by atomic mass is 10.1. The van der Waals surface area contributed by atoms with E-state index >= 15 is 0 Å². The van der Waals surface area contributed by atoms with Crippen LogP contribution in [0.2, 0.25) is 0 Å². The Morgan fingerprint density at radius 1 is 1.33 bits per heavy atom. The molecule has 1 aliphatic heterocycles. The van der Waals surface area contributed by atoms with E-state index in [9.17, 15) is 15.0 Å². The second kappa shape index (κ2) is 5.27. The Labute approximate surface area is 110 Å². The number of aliphatic hydroxyl groups is 2. The summed E-state index contributed by atoms with van der Waals surface area (Å²) >= 11 is 1.78. The highest BCUT2D eigenvalue weighted by Gasteiger charge is 2.35. The Morgan fingerprint density at radius 3 is 2.61 bits per heavy atom. The fraction of sp³-hybridized carbons (Fsp3) is 0.417. The van der Waals surface area contributed by atoms with Gasteiger partial charge < -0.3 is 15.9 Å². The van der Waals surface area contributed by atoms with Crippen LogP contribution in [0.1, 0.15) is 15.9 Å². The van der Waals surface area contributed by atoms with Crippen LogP contribution in [0, 0.1) is 0 Å². The molecule has 0 radical (unpaired) electrons. The molecule has 0 atom stereocenters. The van der Waals surface area contributed by atoms with Crippen molar-refractivity contribution < 1.29 is 15.0 Å². The number of hydrogen-bond acceptors (Lipinski definition) is 5. The van der Waals surface area contributed by atoms with Crippen molar-refractivity contribution in [2.75, 3.05) is 24.6 Å². The molecule has 2 rings (SSSR count). The SMILES string of the molecule is NC(=O)c1cccc(C(O)(O)N2CCSCC2)c1. The Morgan fingerprint density at radius 2 is 2.00 bits per heavy atom. The monoisotopic (exact) mass is 268 g/mol. The van der Waals surface area contributed by atoms with E-state index in [0.717, 1.165) is 11.5 Å². The summed E-state index contributed by atoms with van der Waals surface area (Å²) in [4.78, 5) is 12.7. The largest absolute Gasteiger partial charge is 0.366 e. The summed E-state index contributed by atoms with van der Waals surface area (Å²) in [7, 11) is 0. The smallest absolute Gasteiger partial charge is 0.253 e. The molecule has 0 aliphatic carbocycles. The van der Waals surface area contributed by atoms with Gasteiger partial charge in [-0.25, -0.2) is 4.90 Å². The number of nitrogens with two attached hydrogens (primary N) is 1. The fourth-order valence-electron chi connectivity index (χ4n) is 1.94. The van der Waals surface area contributed by atoms with Gasteiger partial charge in [-0.2, -0.15) is 11.8 Å². The summed E-state index contributed by atoms with van der Waals surface area (Å²) < 4.78 is 0. The van der Waals surface area contributed by atoms with Gasteiger partial charge in [0, 0.05) is 35.7 Å². The normalized spacial score (nSPS) is 17.7. The average molecular weight is 268 g/mol. The van der Waals surface area contributed by atoms with Crippen LogP contribution in [0.15, 0.2) is 24.3 Å². The summed E-state index contributed by atoms with van der Waals surface area (Å²) in [5.74, 6) is -0.912. The summed E-state index contributed by atoms with van der Waals surface area (Å²) in [6.07, 6.45) is 0. The van der Waals surface area contributed by atoms with E-state index in [1.807, 2.05) is 0 Å². The second-order valence-corrected chi connectivity index (χ2v) is 5.40. The van der Waals surface area contributed by atoms with E-state index in [2.05, 4.69) is 0 Å². The lowest BCUT2D eigenvalue weighted by Crippen LogP contribution is -2.50. The van der Waals surface area contributed by atoms with E-state index in [1.165, 1.54) is 6.07 Å². The molecule has 98 valence electrons. The van der Waals surface area contributed by atoms with Crippen LogP contribution in [0.4, 0.5) is 0 Å². The molecular weight excluding hydrogens is 252 g/mol. The third-order valence-electron chi connectivity index (χ3n) is 2.99. The molecule has 1 heterocycles. The van der Waals surface area contributed by atoms with Crippen LogP contribution in [0.5, 0.6) is 0 Å². The molecule has 1 fully saturated rings. The van der Waals surface area contributed by atoms with E-state index in [1.54, 1.807) is 34.9 Å². The summed E-state index contributed by atoms with van der Waals surface area (Å²) in [6.45, 7) is 1.19. The second-order valence-electron chi connectivity index (χ2n) is 4.18. The number of carbonyl (C=O) groups excluding carboxylic acids is 1. The van der Waals surface area contributed by atoms with Crippen molar-refractivity contribution in [1.29, 1.82) is 0 Å². The lowest BCUT2D eigenvalue weighted by Gasteiger charge is -2.37. The van der Waals surface area contributed by atoms with Crippen molar-refractivity contribution in [3.05, 3.63) is 35.4 Å². The van der Waals surface area contributed by atoms with Crippen molar-refractivity contribution >= 4 is 17.7 Å². The van der Waals surface area contributed by atoms with E-state index in [-0.39, 0.29) is 11.1 Å². The minimum absolute atomic E-state index is 0.269. The first-order chi connectivity index (χ1) is 8.51. The van der Waals surface area contributed by atoms with Crippen molar-refractivity contribution in [2.24, 2.45) is 5.73 Å². The predicted molar refractivity (Wildman–Crippen MR) is 70.0 cm³/mol. The molecule has 18 heavy (non-hydrogen) atoms. The van der Waals surface area contributed by atoms with E-state index in [4.69, 9.17) is 5.73 Å².